The van der Waals surface area contributed by atoms with Crippen LogP contribution in [0, 0.1) is 12.7 Å². The van der Waals surface area contributed by atoms with E-state index in [1.165, 1.54) is 6.07 Å². The summed E-state index contributed by atoms with van der Waals surface area (Å²) in [6.07, 6.45) is 0. The molecule has 0 heterocycles. The van der Waals surface area contributed by atoms with E-state index in [0.717, 1.165) is 11.1 Å². The second kappa shape index (κ2) is 3.44. The lowest BCUT2D eigenvalue weighted by molar-refractivity contribution is 0.622. The minimum absolute atomic E-state index is 0.260. The molecule has 0 aromatic heterocycles. The van der Waals surface area contributed by atoms with E-state index in [0.29, 0.717) is 0 Å². The Hall–Kier alpha value is -0.560. The molecule has 2 heteroatoms. The molecule has 0 radical (unpaired) electrons. The molecule has 1 aromatic carbocycles. The third-order valence-corrected chi connectivity index (χ3v) is 2.22. The van der Waals surface area contributed by atoms with Gasteiger partial charge in [-0.15, -0.1) is 0 Å². The van der Waals surface area contributed by atoms with Crippen LogP contribution in [0.2, 0.25) is 5.02 Å². The van der Waals surface area contributed by atoms with Crippen LogP contribution in [-0.4, -0.2) is 0 Å². The predicted molar refractivity (Wildman–Crippen MR) is 50.2 cm³/mol. The Labute approximate surface area is 77.4 Å². The number of aryl methyl sites for hydroxylation is 1. The van der Waals surface area contributed by atoms with Gasteiger partial charge in [0.15, 0.2) is 0 Å². The van der Waals surface area contributed by atoms with Crippen LogP contribution in [-0.2, 0) is 0 Å². The summed E-state index contributed by atoms with van der Waals surface area (Å²) in [5.41, 5.74) is 1.80. The lowest BCUT2D eigenvalue weighted by Gasteiger charge is -2.09. The van der Waals surface area contributed by atoms with Crippen LogP contribution >= 0.6 is 11.6 Å². The van der Waals surface area contributed by atoms with E-state index in [2.05, 4.69) is 0 Å². The van der Waals surface area contributed by atoms with Gasteiger partial charge in [-0.3, -0.25) is 0 Å². The van der Waals surface area contributed by atoms with Gasteiger partial charge in [0.05, 0.1) is 5.02 Å². The van der Waals surface area contributed by atoms with Gasteiger partial charge in [-0.2, -0.15) is 0 Å². The molecule has 0 atom stereocenters. The highest BCUT2D eigenvalue weighted by atomic mass is 35.5. The monoisotopic (exact) mass is 186 g/mol. The molecule has 0 saturated heterocycles. The number of rotatable bonds is 1. The van der Waals surface area contributed by atoms with E-state index in [9.17, 15) is 4.39 Å². The summed E-state index contributed by atoms with van der Waals surface area (Å²) >= 11 is 5.79. The van der Waals surface area contributed by atoms with Crippen molar-refractivity contribution in [2.75, 3.05) is 0 Å². The molecule has 66 valence electrons. The van der Waals surface area contributed by atoms with Crippen LogP contribution in [0.3, 0.4) is 0 Å². The molecule has 0 amide bonds. The SMILES string of the molecule is Cc1cc(F)c(Cl)c(C(C)C)c1. The molecule has 0 bridgehead atoms. The highest BCUT2D eigenvalue weighted by Crippen LogP contribution is 2.27. The molecular weight excluding hydrogens is 175 g/mol. The number of hydrogen-bond acceptors (Lipinski definition) is 0. The molecule has 0 aliphatic rings. The highest BCUT2D eigenvalue weighted by molar-refractivity contribution is 6.31. The van der Waals surface area contributed by atoms with Crippen molar-refractivity contribution in [2.45, 2.75) is 26.7 Å². The lowest BCUT2D eigenvalue weighted by Crippen LogP contribution is -1.93. The maximum Gasteiger partial charge on any atom is 0.142 e. The van der Waals surface area contributed by atoms with E-state index in [-0.39, 0.29) is 16.8 Å². The van der Waals surface area contributed by atoms with E-state index in [1.54, 1.807) is 0 Å². The Morgan fingerprint density at radius 2 is 1.92 bits per heavy atom. The van der Waals surface area contributed by atoms with Crippen LogP contribution in [0.25, 0.3) is 0 Å². The zero-order chi connectivity index (χ0) is 9.30. The summed E-state index contributed by atoms with van der Waals surface area (Å²) in [7, 11) is 0. The number of halogens is 2. The average molecular weight is 187 g/mol. The Kier molecular flexibility index (Phi) is 2.73. The van der Waals surface area contributed by atoms with Gasteiger partial charge in [-0.1, -0.05) is 31.5 Å². The van der Waals surface area contributed by atoms with Gasteiger partial charge in [-0.25, -0.2) is 4.39 Å². The minimum Gasteiger partial charge on any atom is -0.205 e. The van der Waals surface area contributed by atoms with Gasteiger partial charge >= 0.3 is 0 Å². The van der Waals surface area contributed by atoms with Gasteiger partial charge < -0.3 is 0 Å². The van der Waals surface area contributed by atoms with E-state index in [1.807, 2.05) is 26.8 Å². The van der Waals surface area contributed by atoms with Crippen molar-refractivity contribution < 1.29 is 4.39 Å². The zero-order valence-electron chi connectivity index (χ0n) is 7.49. The lowest BCUT2D eigenvalue weighted by atomic mass is 10.0. The first-order valence-electron chi connectivity index (χ1n) is 3.98. The Balaban J connectivity index is 3.28. The third kappa shape index (κ3) is 1.78. The van der Waals surface area contributed by atoms with Crippen LogP contribution in [0.4, 0.5) is 4.39 Å². The summed E-state index contributed by atoms with van der Waals surface area (Å²) in [5.74, 6) is -0.0488. The molecule has 0 aliphatic carbocycles. The molecule has 0 saturated carbocycles. The maximum absolute atomic E-state index is 13.1. The normalized spacial score (nSPS) is 10.8. The largest absolute Gasteiger partial charge is 0.205 e. The molecular formula is C10H12ClF. The molecule has 0 aliphatic heterocycles. The maximum atomic E-state index is 13.1. The summed E-state index contributed by atoms with van der Waals surface area (Å²) < 4.78 is 13.1. The standard InChI is InChI=1S/C10H12ClF/c1-6(2)8-4-7(3)5-9(12)10(8)11/h4-6H,1-3H3. The van der Waals surface area contributed by atoms with Crippen molar-refractivity contribution in [3.63, 3.8) is 0 Å². The fourth-order valence-corrected chi connectivity index (χ4v) is 1.50. The van der Waals surface area contributed by atoms with E-state index >= 15 is 0 Å². The smallest absolute Gasteiger partial charge is 0.142 e. The fraction of sp³-hybridized carbons (Fsp3) is 0.400. The highest BCUT2D eigenvalue weighted by Gasteiger charge is 2.09. The van der Waals surface area contributed by atoms with Crippen LogP contribution in [0.1, 0.15) is 30.9 Å². The molecule has 0 N–H and O–H groups in total. The fourth-order valence-electron chi connectivity index (χ4n) is 1.17. The molecule has 0 unspecified atom stereocenters. The van der Waals surface area contributed by atoms with Crippen molar-refractivity contribution in [3.8, 4) is 0 Å². The summed E-state index contributed by atoms with van der Waals surface area (Å²) in [5, 5.41) is 0.260. The first-order valence-corrected chi connectivity index (χ1v) is 4.35. The second-order valence-corrected chi connectivity index (χ2v) is 3.68. The van der Waals surface area contributed by atoms with Gasteiger partial charge in [0.2, 0.25) is 0 Å². The first-order chi connectivity index (χ1) is 5.52. The van der Waals surface area contributed by atoms with Gasteiger partial charge in [-0.05, 0) is 30.0 Å². The van der Waals surface area contributed by atoms with E-state index < -0.39 is 0 Å². The quantitative estimate of drug-likeness (QED) is 0.624. The first kappa shape index (κ1) is 9.53. The topological polar surface area (TPSA) is 0 Å². The van der Waals surface area contributed by atoms with Crippen molar-refractivity contribution in [1.29, 1.82) is 0 Å². The summed E-state index contributed by atoms with van der Waals surface area (Å²) in [6, 6.07) is 3.38. The molecule has 0 spiro atoms. The van der Waals surface area contributed by atoms with Gasteiger partial charge in [0, 0.05) is 0 Å². The zero-order valence-corrected chi connectivity index (χ0v) is 8.24. The van der Waals surface area contributed by atoms with Crippen molar-refractivity contribution in [2.24, 2.45) is 0 Å². The summed E-state index contributed by atoms with van der Waals surface area (Å²) in [4.78, 5) is 0. The van der Waals surface area contributed by atoms with Crippen LogP contribution in [0.5, 0.6) is 0 Å². The van der Waals surface area contributed by atoms with Crippen molar-refractivity contribution in [3.05, 3.63) is 34.1 Å². The second-order valence-electron chi connectivity index (χ2n) is 3.30. The van der Waals surface area contributed by atoms with E-state index in [4.69, 9.17) is 11.6 Å². The molecule has 1 rings (SSSR count). The third-order valence-electron chi connectivity index (χ3n) is 1.82. The Morgan fingerprint density at radius 3 is 2.42 bits per heavy atom. The number of benzene rings is 1. The average Bonchev–Trinajstić information content (AvgIpc) is 1.96. The van der Waals surface area contributed by atoms with Gasteiger partial charge in [0.25, 0.3) is 0 Å². The van der Waals surface area contributed by atoms with Crippen molar-refractivity contribution in [1.82, 2.24) is 0 Å². The Morgan fingerprint density at radius 1 is 1.33 bits per heavy atom. The summed E-state index contributed by atoms with van der Waals surface area (Å²) in [6.45, 7) is 5.87. The number of hydrogen-bond donors (Lipinski definition) is 0. The minimum atomic E-state index is -0.319. The molecule has 0 nitrogen and oxygen atoms in total. The van der Waals surface area contributed by atoms with Gasteiger partial charge in [0.1, 0.15) is 5.82 Å². The Bertz CT molecular complexity index is 292. The molecule has 0 fully saturated rings. The molecule has 12 heavy (non-hydrogen) atoms. The van der Waals surface area contributed by atoms with Crippen LogP contribution < -0.4 is 0 Å². The van der Waals surface area contributed by atoms with Crippen LogP contribution in [0.15, 0.2) is 12.1 Å². The molecule has 1 aromatic rings. The van der Waals surface area contributed by atoms with Crippen molar-refractivity contribution >= 4 is 11.6 Å². The predicted octanol–water partition coefficient (Wildman–Crippen LogP) is 3.91.